The second-order valence-electron chi connectivity index (χ2n) is 16.0. The van der Waals surface area contributed by atoms with E-state index in [1.54, 1.807) is 0 Å². The molecule has 1 aliphatic heterocycles. The van der Waals surface area contributed by atoms with Crippen molar-refractivity contribution in [3.05, 3.63) is 48.6 Å². The minimum absolute atomic E-state index is 0.0785. The third-order valence-corrected chi connectivity index (χ3v) is 10.8. The Hall–Kier alpha value is -1.73. The number of hydrogen-bond donors (Lipinski definition) is 2. The van der Waals surface area contributed by atoms with Crippen molar-refractivity contribution in [1.29, 1.82) is 0 Å². The number of unbranched alkanes of at least 4 members (excludes halogenated alkanes) is 19. The first-order valence-electron chi connectivity index (χ1n) is 23.1. The Kier molecular flexibility index (Phi) is 36.8. The Labute approximate surface area is 335 Å². The first kappa shape index (κ1) is 50.3. The summed E-state index contributed by atoms with van der Waals surface area (Å²) in [6.07, 6.45) is 51.2. The maximum Gasteiger partial charge on any atom is 0.239 e. The molecule has 0 aliphatic carbocycles. The van der Waals surface area contributed by atoms with Crippen LogP contribution in [0.1, 0.15) is 187 Å². The molecule has 0 bridgehead atoms. The number of nitrogens with zero attached hydrogens (tertiary/aromatic N) is 1. The predicted octanol–water partition coefficient (Wildman–Crippen LogP) is 12.2. The molecular formula is C48H89N3O3. The largest absolute Gasteiger partial charge is 0.381 e. The molecule has 4 N–H and O–H groups in total. The van der Waals surface area contributed by atoms with Crippen molar-refractivity contribution in [2.75, 3.05) is 46.1 Å². The lowest BCUT2D eigenvalue weighted by Gasteiger charge is -2.21. The molecule has 1 aliphatic rings. The maximum atomic E-state index is 13.2. The fourth-order valence-electron chi connectivity index (χ4n) is 7.22. The van der Waals surface area contributed by atoms with Gasteiger partial charge in [0.15, 0.2) is 0 Å². The lowest BCUT2D eigenvalue weighted by atomic mass is 9.98. The van der Waals surface area contributed by atoms with E-state index in [0.717, 1.165) is 64.8 Å². The molecule has 314 valence electrons. The number of carbonyl (C=O) groups excluding carboxylic acids is 1. The third-order valence-electron chi connectivity index (χ3n) is 10.8. The van der Waals surface area contributed by atoms with Gasteiger partial charge in [0.1, 0.15) is 0 Å². The molecule has 0 aromatic heterocycles. The van der Waals surface area contributed by atoms with Crippen molar-refractivity contribution >= 4 is 5.91 Å². The van der Waals surface area contributed by atoms with Crippen molar-refractivity contribution in [2.45, 2.75) is 193 Å². The van der Waals surface area contributed by atoms with Crippen molar-refractivity contribution < 1.29 is 14.3 Å². The number of nitrogens with two attached hydrogens (primary N) is 2. The molecule has 1 saturated heterocycles. The number of carbonyl (C=O) groups is 1. The normalized spacial score (nSPS) is 17.1. The monoisotopic (exact) mass is 756 g/mol. The Bertz CT molecular complexity index is 872. The van der Waals surface area contributed by atoms with Gasteiger partial charge in [-0.2, -0.15) is 0 Å². The van der Waals surface area contributed by atoms with Gasteiger partial charge in [-0.15, -0.1) is 0 Å². The Morgan fingerprint density at radius 3 is 1.35 bits per heavy atom. The van der Waals surface area contributed by atoms with E-state index < -0.39 is 6.04 Å². The van der Waals surface area contributed by atoms with Crippen LogP contribution in [-0.2, 0) is 14.3 Å². The van der Waals surface area contributed by atoms with Gasteiger partial charge in [-0.3, -0.25) is 4.79 Å². The van der Waals surface area contributed by atoms with Crippen LogP contribution in [0.25, 0.3) is 0 Å². The molecule has 0 aromatic carbocycles. The molecule has 0 saturated carbocycles. The topological polar surface area (TPSA) is 90.8 Å². The lowest BCUT2D eigenvalue weighted by Crippen LogP contribution is -2.43. The van der Waals surface area contributed by atoms with Crippen molar-refractivity contribution in [2.24, 2.45) is 23.3 Å². The summed E-state index contributed by atoms with van der Waals surface area (Å²) >= 11 is 0. The lowest BCUT2D eigenvalue weighted by molar-refractivity contribution is -0.132. The summed E-state index contributed by atoms with van der Waals surface area (Å²) in [6, 6.07) is -0.436. The van der Waals surface area contributed by atoms with Crippen molar-refractivity contribution in [3.8, 4) is 0 Å². The average Bonchev–Trinajstić information content (AvgIpc) is 3.59. The summed E-state index contributed by atoms with van der Waals surface area (Å²) in [6.45, 7) is 9.63. The van der Waals surface area contributed by atoms with Gasteiger partial charge in [0, 0.05) is 38.1 Å². The highest BCUT2D eigenvalue weighted by Gasteiger charge is 2.36. The van der Waals surface area contributed by atoms with Crippen LogP contribution in [0.15, 0.2) is 48.6 Å². The fourth-order valence-corrected chi connectivity index (χ4v) is 7.22. The number of hydrogen-bond acceptors (Lipinski definition) is 5. The van der Waals surface area contributed by atoms with Crippen LogP contribution in [0.3, 0.4) is 0 Å². The van der Waals surface area contributed by atoms with E-state index in [1.807, 2.05) is 4.90 Å². The van der Waals surface area contributed by atoms with Crippen molar-refractivity contribution in [1.82, 2.24) is 4.90 Å². The van der Waals surface area contributed by atoms with Gasteiger partial charge in [-0.05, 0) is 96.4 Å². The Morgan fingerprint density at radius 2 is 0.944 bits per heavy atom. The molecule has 1 unspecified atom stereocenters. The minimum atomic E-state index is -0.436. The molecule has 0 aromatic rings. The second kappa shape index (κ2) is 39.5. The summed E-state index contributed by atoms with van der Waals surface area (Å²) in [7, 11) is 0. The average molecular weight is 756 g/mol. The van der Waals surface area contributed by atoms with E-state index >= 15 is 0 Å². The number of likely N-dealkylation sites (tertiary alicyclic amines) is 1. The van der Waals surface area contributed by atoms with Crippen LogP contribution in [0.4, 0.5) is 0 Å². The molecule has 6 nitrogen and oxygen atoms in total. The zero-order valence-electron chi connectivity index (χ0n) is 35.7. The molecular weight excluding hydrogens is 667 g/mol. The highest BCUT2D eigenvalue weighted by atomic mass is 16.5. The molecule has 3 atom stereocenters. The molecule has 0 spiro atoms. The number of ether oxygens (including phenoxy) is 2. The van der Waals surface area contributed by atoms with Crippen LogP contribution in [0.5, 0.6) is 0 Å². The first-order chi connectivity index (χ1) is 26.6. The second-order valence-corrected chi connectivity index (χ2v) is 16.0. The van der Waals surface area contributed by atoms with Crippen LogP contribution >= 0.6 is 0 Å². The molecule has 1 fully saturated rings. The molecule has 1 heterocycles. The first-order valence-corrected chi connectivity index (χ1v) is 23.1. The Balaban J connectivity index is 2.21. The zero-order chi connectivity index (χ0) is 39.0. The number of rotatable bonds is 39. The van der Waals surface area contributed by atoms with Crippen LogP contribution in [0, 0.1) is 11.8 Å². The SMILES string of the molecule is CCCCC/C=C\C/C=C\CCCCCCCCOCC1CN(C(=O)[C@@H](N)CCCCN)C[C@H]1COCCCCCCCC/C=C\C/C=C\CCCCC. The van der Waals surface area contributed by atoms with Gasteiger partial charge >= 0.3 is 0 Å². The van der Waals surface area contributed by atoms with Gasteiger partial charge < -0.3 is 25.8 Å². The maximum absolute atomic E-state index is 13.2. The smallest absolute Gasteiger partial charge is 0.239 e. The summed E-state index contributed by atoms with van der Waals surface area (Å²) in [4.78, 5) is 15.2. The molecule has 1 amide bonds. The van der Waals surface area contributed by atoms with E-state index in [4.69, 9.17) is 20.9 Å². The number of amides is 1. The standard InChI is InChI=1S/C48H89N3O3/c1-3-5-7-9-11-13-15-17-19-21-23-25-27-29-31-35-39-53-43-45-41-51(48(52)47(50)37-33-34-38-49)42-46(45)44-54-40-36-32-30-28-26-24-22-20-18-16-14-12-10-8-6-4-2/h11-14,17-20,45-47H,3-10,15-16,21-44,49-50H2,1-2H3/b13-11-,14-12-,19-17-,20-18-/t45-,46?,47-/m0/s1. The predicted molar refractivity (Wildman–Crippen MR) is 235 cm³/mol. The van der Waals surface area contributed by atoms with E-state index in [2.05, 4.69) is 62.5 Å². The Morgan fingerprint density at radius 1 is 0.556 bits per heavy atom. The van der Waals surface area contributed by atoms with Gasteiger partial charge in [0.2, 0.25) is 5.91 Å². The summed E-state index contributed by atoms with van der Waals surface area (Å²) < 4.78 is 12.4. The fraction of sp³-hybridized carbons (Fsp3) is 0.812. The van der Waals surface area contributed by atoms with E-state index in [1.165, 1.54) is 128 Å². The number of allylic oxidation sites excluding steroid dienone is 8. The highest BCUT2D eigenvalue weighted by molar-refractivity contribution is 5.81. The summed E-state index contributed by atoms with van der Waals surface area (Å²) in [5, 5.41) is 0. The van der Waals surface area contributed by atoms with E-state index in [0.29, 0.717) is 38.0 Å². The molecule has 54 heavy (non-hydrogen) atoms. The van der Waals surface area contributed by atoms with E-state index in [9.17, 15) is 4.79 Å². The zero-order valence-corrected chi connectivity index (χ0v) is 35.7. The van der Waals surface area contributed by atoms with Crippen LogP contribution in [0.2, 0.25) is 0 Å². The van der Waals surface area contributed by atoms with Gasteiger partial charge in [0.05, 0.1) is 19.3 Å². The molecule has 1 rings (SSSR count). The minimum Gasteiger partial charge on any atom is -0.381 e. The van der Waals surface area contributed by atoms with Gasteiger partial charge in [-0.1, -0.05) is 146 Å². The summed E-state index contributed by atoms with van der Waals surface area (Å²) in [5.41, 5.74) is 12.0. The highest BCUT2D eigenvalue weighted by Crippen LogP contribution is 2.26. The third kappa shape index (κ3) is 30.5. The molecule has 0 radical (unpaired) electrons. The quantitative estimate of drug-likeness (QED) is 0.0481. The molecule has 6 heteroatoms. The van der Waals surface area contributed by atoms with E-state index in [-0.39, 0.29) is 5.91 Å². The van der Waals surface area contributed by atoms with Gasteiger partial charge in [0.25, 0.3) is 0 Å². The van der Waals surface area contributed by atoms with Crippen molar-refractivity contribution in [3.63, 3.8) is 0 Å². The van der Waals surface area contributed by atoms with Crippen LogP contribution in [-0.4, -0.2) is 62.9 Å². The van der Waals surface area contributed by atoms with Crippen LogP contribution < -0.4 is 11.5 Å². The van der Waals surface area contributed by atoms with Gasteiger partial charge in [-0.25, -0.2) is 0 Å². The summed E-state index contributed by atoms with van der Waals surface area (Å²) in [5.74, 6) is 0.700.